The lowest BCUT2D eigenvalue weighted by molar-refractivity contribution is 0.0600. The largest absolute Gasteiger partial charge is 0.467 e. The van der Waals surface area contributed by atoms with Gasteiger partial charge >= 0.3 is 0 Å². The minimum Gasteiger partial charge on any atom is -0.467 e. The van der Waals surface area contributed by atoms with E-state index in [4.69, 9.17) is 16.3 Å². The van der Waals surface area contributed by atoms with E-state index in [0.717, 1.165) is 17.4 Å². The number of ether oxygens (including phenoxy) is 1. The Hall–Kier alpha value is -1.77. The number of nitrogens with zero attached hydrogens (tertiary/aromatic N) is 2. The summed E-state index contributed by atoms with van der Waals surface area (Å²) < 4.78 is 33.9. The Balaban J connectivity index is 1.39. The van der Waals surface area contributed by atoms with Gasteiger partial charge in [-0.25, -0.2) is 8.78 Å². The zero-order valence-electron chi connectivity index (χ0n) is 13.4. The Morgan fingerprint density at radius 1 is 1.23 bits per heavy atom. The number of hydrogen-bond donors (Lipinski definition) is 0. The standard InChI is InChI=1S/C17H13ClF2N2O2S2/c18-14-2-1-12(25-14)16(23)22-5-3-10(4-6-22)24-17-21-15-11(20)7-9(19)8-13(15)26-17/h1-2,7-8,10H,3-6H2. The minimum absolute atomic E-state index is 0.0297. The molecule has 4 rings (SSSR count). The first-order valence-electron chi connectivity index (χ1n) is 7.96. The second kappa shape index (κ2) is 7.09. The van der Waals surface area contributed by atoms with Gasteiger partial charge in [-0.2, -0.15) is 4.98 Å². The molecule has 2 aromatic heterocycles. The highest BCUT2D eigenvalue weighted by Gasteiger charge is 2.26. The van der Waals surface area contributed by atoms with Gasteiger partial charge in [-0.15, -0.1) is 11.3 Å². The van der Waals surface area contributed by atoms with Gasteiger partial charge < -0.3 is 9.64 Å². The second-order valence-corrected chi connectivity index (χ2v) is 8.64. The van der Waals surface area contributed by atoms with Crippen molar-refractivity contribution >= 4 is 50.4 Å². The molecule has 0 unspecified atom stereocenters. The predicted octanol–water partition coefficient (Wildman–Crippen LogP) is 4.97. The van der Waals surface area contributed by atoms with E-state index in [2.05, 4.69) is 4.98 Å². The van der Waals surface area contributed by atoms with E-state index >= 15 is 0 Å². The molecule has 9 heteroatoms. The van der Waals surface area contributed by atoms with Gasteiger partial charge in [-0.3, -0.25) is 4.79 Å². The number of rotatable bonds is 3. The average Bonchev–Trinajstić information content (AvgIpc) is 3.21. The summed E-state index contributed by atoms with van der Waals surface area (Å²) in [5.74, 6) is -1.36. The average molecular weight is 415 g/mol. The summed E-state index contributed by atoms with van der Waals surface area (Å²) in [6.07, 6.45) is 1.19. The summed E-state index contributed by atoms with van der Waals surface area (Å²) in [6.45, 7) is 1.12. The lowest BCUT2D eigenvalue weighted by Crippen LogP contribution is -2.41. The van der Waals surface area contributed by atoms with E-state index in [1.807, 2.05) is 0 Å². The number of likely N-dealkylation sites (tertiary alicyclic amines) is 1. The fourth-order valence-electron chi connectivity index (χ4n) is 2.89. The van der Waals surface area contributed by atoms with Gasteiger partial charge in [0.05, 0.1) is 13.9 Å². The van der Waals surface area contributed by atoms with Crippen LogP contribution in [0.4, 0.5) is 8.78 Å². The fourth-order valence-corrected chi connectivity index (χ4v) is 4.82. The van der Waals surface area contributed by atoms with Crippen molar-refractivity contribution in [3.8, 4) is 5.19 Å². The Morgan fingerprint density at radius 3 is 2.69 bits per heavy atom. The number of benzene rings is 1. The Labute approximate surface area is 161 Å². The quantitative estimate of drug-likeness (QED) is 0.607. The molecular weight excluding hydrogens is 402 g/mol. The summed E-state index contributed by atoms with van der Waals surface area (Å²) in [4.78, 5) is 18.9. The predicted molar refractivity (Wildman–Crippen MR) is 98.4 cm³/mol. The Kier molecular flexibility index (Phi) is 4.81. The molecule has 0 atom stereocenters. The lowest BCUT2D eigenvalue weighted by atomic mass is 10.1. The molecule has 26 heavy (non-hydrogen) atoms. The number of amides is 1. The molecule has 1 amide bonds. The molecule has 136 valence electrons. The number of fused-ring (bicyclic) bond motifs is 1. The van der Waals surface area contributed by atoms with E-state index in [9.17, 15) is 13.6 Å². The molecule has 1 fully saturated rings. The monoisotopic (exact) mass is 414 g/mol. The molecule has 0 bridgehead atoms. The third-order valence-corrected chi connectivity index (χ3v) is 6.29. The van der Waals surface area contributed by atoms with Crippen LogP contribution in [0.1, 0.15) is 22.5 Å². The van der Waals surface area contributed by atoms with E-state index in [1.165, 1.54) is 17.4 Å². The van der Waals surface area contributed by atoms with Crippen LogP contribution in [0.3, 0.4) is 0 Å². The Morgan fingerprint density at radius 2 is 2.00 bits per heavy atom. The highest BCUT2D eigenvalue weighted by molar-refractivity contribution is 7.20. The van der Waals surface area contributed by atoms with E-state index in [1.54, 1.807) is 17.0 Å². The summed E-state index contributed by atoms with van der Waals surface area (Å²) in [6, 6.07) is 5.50. The number of thiophene rings is 1. The molecule has 1 saturated heterocycles. The van der Waals surface area contributed by atoms with Crippen LogP contribution in [0.5, 0.6) is 5.19 Å². The first-order chi connectivity index (χ1) is 12.5. The molecule has 0 N–H and O–H groups in total. The third kappa shape index (κ3) is 3.54. The van der Waals surface area contributed by atoms with Crippen LogP contribution in [0.2, 0.25) is 4.34 Å². The number of carbonyl (C=O) groups excluding carboxylic acids is 1. The molecule has 1 aliphatic rings. The molecular formula is C17H13ClF2N2O2S2. The maximum absolute atomic E-state index is 13.7. The van der Waals surface area contributed by atoms with Crippen molar-refractivity contribution < 1.29 is 18.3 Å². The molecule has 0 radical (unpaired) electrons. The molecule has 0 aliphatic carbocycles. The van der Waals surface area contributed by atoms with Gasteiger partial charge in [0.25, 0.3) is 11.1 Å². The number of hydrogen-bond acceptors (Lipinski definition) is 5. The summed E-state index contributed by atoms with van der Waals surface area (Å²) in [7, 11) is 0. The highest BCUT2D eigenvalue weighted by atomic mass is 35.5. The molecule has 1 aliphatic heterocycles. The van der Waals surface area contributed by atoms with Crippen LogP contribution >= 0.6 is 34.3 Å². The van der Waals surface area contributed by atoms with Crippen molar-refractivity contribution in [3.05, 3.63) is 45.1 Å². The SMILES string of the molecule is O=C(c1ccc(Cl)s1)N1CCC(Oc2nc3c(F)cc(F)cc3s2)CC1. The maximum atomic E-state index is 13.7. The topological polar surface area (TPSA) is 42.4 Å². The highest BCUT2D eigenvalue weighted by Crippen LogP contribution is 2.32. The smallest absolute Gasteiger partial charge is 0.274 e. The van der Waals surface area contributed by atoms with E-state index in [-0.39, 0.29) is 17.5 Å². The Bertz CT molecular complexity index is 967. The minimum atomic E-state index is -0.693. The second-order valence-electron chi connectivity index (χ2n) is 5.93. The van der Waals surface area contributed by atoms with Crippen LogP contribution in [0.25, 0.3) is 10.2 Å². The van der Waals surface area contributed by atoms with Crippen molar-refractivity contribution in [2.75, 3.05) is 13.1 Å². The van der Waals surface area contributed by atoms with Crippen molar-refractivity contribution in [2.24, 2.45) is 0 Å². The van der Waals surface area contributed by atoms with Gasteiger partial charge in [0.1, 0.15) is 17.4 Å². The molecule has 0 saturated carbocycles. The van der Waals surface area contributed by atoms with Gasteiger partial charge in [-0.1, -0.05) is 22.9 Å². The number of aromatic nitrogens is 1. The lowest BCUT2D eigenvalue weighted by Gasteiger charge is -2.31. The van der Waals surface area contributed by atoms with Crippen LogP contribution in [0.15, 0.2) is 24.3 Å². The van der Waals surface area contributed by atoms with Crippen LogP contribution in [-0.2, 0) is 0 Å². The van der Waals surface area contributed by atoms with Crippen LogP contribution < -0.4 is 4.74 Å². The fraction of sp³-hybridized carbons (Fsp3) is 0.294. The van der Waals surface area contributed by atoms with Crippen LogP contribution in [0, 0.1) is 11.6 Å². The molecule has 1 aromatic carbocycles. The molecule has 3 heterocycles. The molecule has 0 spiro atoms. The number of piperidine rings is 1. The van der Waals surface area contributed by atoms with Crippen LogP contribution in [-0.4, -0.2) is 35.0 Å². The summed E-state index contributed by atoms with van der Waals surface area (Å²) >= 11 is 8.27. The first kappa shape index (κ1) is 17.6. The normalized spacial score (nSPS) is 15.6. The van der Waals surface area contributed by atoms with Crippen molar-refractivity contribution in [3.63, 3.8) is 0 Å². The van der Waals surface area contributed by atoms with Gasteiger partial charge in [0.2, 0.25) is 0 Å². The number of carbonyl (C=O) groups is 1. The number of thiazole rings is 1. The zero-order valence-corrected chi connectivity index (χ0v) is 15.8. The van der Waals surface area contributed by atoms with Gasteiger partial charge in [0, 0.05) is 32.0 Å². The third-order valence-electron chi connectivity index (χ3n) is 4.17. The first-order valence-corrected chi connectivity index (χ1v) is 9.97. The maximum Gasteiger partial charge on any atom is 0.274 e. The van der Waals surface area contributed by atoms with Gasteiger partial charge in [0.15, 0.2) is 5.82 Å². The molecule has 3 aromatic rings. The summed E-state index contributed by atoms with van der Waals surface area (Å²) in [5, 5.41) is 0.319. The number of halogens is 3. The van der Waals surface area contributed by atoms with Crippen molar-refractivity contribution in [2.45, 2.75) is 18.9 Å². The van der Waals surface area contributed by atoms with E-state index in [0.29, 0.717) is 45.0 Å². The summed E-state index contributed by atoms with van der Waals surface area (Å²) in [5.41, 5.74) is 0.119. The van der Waals surface area contributed by atoms with Gasteiger partial charge in [-0.05, 0) is 18.2 Å². The van der Waals surface area contributed by atoms with Crippen molar-refractivity contribution in [1.82, 2.24) is 9.88 Å². The molecule has 4 nitrogen and oxygen atoms in total. The van der Waals surface area contributed by atoms with E-state index < -0.39 is 11.6 Å². The van der Waals surface area contributed by atoms with Crippen molar-refractivity contribution in [1.29, 1.82) is 0 Å². The zero-order chi connectivity index (χ0) is 18.3.